The fourth-order valence-corrected chi connectivity index (χ4v) is 4.46. The lowest BCUT2D eigenvalue weighted by molar-refractivity contribution is 0.00767. The van der Waals surface area contributed by atoms with Gasteiger partial charge in [-0.1, -0.05) is 12.2 Å². The van der Waals surface area contributed by atoms with Gasteiger partial charge < -0.3 is 15.0 Å². The lowest BCUT2D eigenvalue weighted by Gasteiger charge is -2.43. The van der Waals surface area contributed by atoms with Crippen molar-refractivity contribution in [2.75, 3.05) is 60.0 Å². The van der Waals surface area contributed by atoms with E-state index in [1.54, 1.807) is 0 Å². The zero-order chi connectivity index (χ0) is 18.6. The van der Waals surface area contributed by atoms with Crippen molar-refractivity contribution in [1.29, 1.82) is 0 Å². The molecule has 0 aromatic heterocycles. The second-order valence-corrected chi connectivity index (χ2v) is 8.45. The molecule has 2 fully saturated rings. The van der Waals surface area contributed by atoms with E-state index in [9.17, 15) is 0 Å². The maximum atomic E-state index is 5.51. The Hall–Kier alpha value is -1.11. The number of rotatable bonds is 5. The monoisotopic (exact) mass is 363 g/mol. The van der Waals surface area contributed by atoms with E-state index < -0.39 is 0 Å². The molecule has 0 saturated carbocycles. The Kier molecular flexibility index (Phi) is 6.59. The fourth-order valence-electron chi connectivity index (χ4n) is 4.46. The Morgan fingerprint density at radius 3 is 2.46 bits per heavy atom. The number of hydrogen-bond donors (Lipinski definition) is 1. The zero-order valence-corrected chi connectivity index (χ0v) is 17.1. The number of likely N-dealkylation sites (tertiary alicyclic amines) is 2. The van der Waals surface area contributed by atoms with E-state index in [1.165, 1.54) is 6.42 Å². The van der Waals surface area contributed by atoms with Gasteiger partial charge in [0.25, 0.3) is 0 Å². The molecule has 0 aromatic carbocycles. The molecular weight excluding hydrogens is 326 g/mol. The van der Waals surface area contributed by atoms with Crippen LogP contribution in [-0.4, -0.2) is 98.3 Å². The number of piperidine rings is 1. The highest BCUT2D eigenvalue weighted by Gasteiger charge is 2.33. The van der Waals surface area contributed by atoms with Crippen LogP contribution in [0.25, 0.3) is 0 Å². The van der Waals surface area contributed by atoms with Gasteiger partial charge in [0.2, 0.25) is 0 Å². The fraction of sp³-hybridized carbons (Fsp3) is 0.850. The molecule has 6 heteroatoms. The summed E-state index contributed by atoms with van der Waals surface area (Å²) in [6.07, 6.45) is 8.50. The third-order valence-corrected chi connectivity index (χ3v) is 6.35. The third kappa shape index (κ3) is 4.59. The van der Waals surface area contributed by atoms with Gasteiger partial charge in [0, 0.05) is 71.6 Å². The summed E-state index contributed by atoms with van der Waals surface area (Å²) < 4.78 is 5.51. The quantitative estimate of drug-likeness (QED) is 0.454. The molecule has 0 aromatic rings. The van der Waals surface area contributed by atoms with Crippen LogP contribution in [0.3, 0.4) is 0 Å². The van der Waals surface area contributed by atoms with E-state index in [4.69, 9.17) is 4.74 Å². The molecule has 0 amide bonds. The third-order valence-electron chi connectivity index (χ3n) is 6.35. The molecule has 0 spiro atoms. The summed E-state index contributed by atoms with van der Waals surface area (Å²) in [5.41, 5.74) is 0.118. The highest BCUT2D eigenvalue weighted by atomic mass is 16.5. The van der Waals surface area contributed by atoms with Crippen LogP contribution >= 0.6 is 0 Å². The molecule has 1 N–H and O–H groups in total. The number of hydrogen-bond acceptors (Lipinski definition) is 4. The SMILES string of the molecule is CN=C(NCC(C)(C)N1CCC(OC)CC1)N1CCC(N2CC=CC2)C1. The van der Waals surface area contributed by atoms with Crippen LogP contribution in [0.5, 0.6) is 0 Å². The summed E-state index contributed by atoms with van der Waals surface area (Å²) in [5, 5.41) is 3.65. The predicted octanol–water partition coefficient (Wildman–Crippen LogP) is 1.40. The van der Waals surface area contributed by atoms with Gasteiger partial charge in [0.05, 0.1) is 6.10 Å². The second kappa shape index (κ2) is 8.72. The number of guanidine groups is 1. The van der Waals surface area contributed by atoms with Crippen LogP contribution < -0.4 is 5.32 Å². The lowest BCUT2D eigenvalue weighted by Crippen LogP contribution is -2.56. The van der Waals surface area contributed by atoms with E-state index in [1.807, 2.05) is 14.2 Å². The van der Waals surface area contributed by atoms with Gasteiger partial charge in [-0.15, -0.1) is 0 Å². The first-order chi connectivity index (χ1) is 12.5. The van der Waals surface area contributed by atoms with Gasteiger partial charge in [-0.3, -0.25) is 14.8 Å². The minimum atomic E-state index is 0.118. The van der Waals surface area contributed by atoms with Crippen LogP contribution in [-0.2, 0) is 4.74 Å². The van der Waals surface area contributed by atoms with Crippen LogP contribution in [0.15, 0.2) is 17.1 Å². The summed E-state index contributed by atoms with van der Waals surface area (Å²) >= 11 is 0. The van der Waals surface area contributed by atoms with Crippen molar-refractivity contribution < 1.29 is 4.74 Å². The maximum absolute atomic E-state index is 5.51. The van der Waals surface area contributed by atoms with E-state index >= 15 is 0 Å². The van der Waals surface area contributed by atoms with Crippen LogP contribution in [0.4, 0.5) is 0 Å². The van der Waals surface area contributed by atoms with E-state index in [0.29, 0.717) is 12.1 Å². The van der Waals surface area contributed by atoms with Gasteiger partial charge in [-0.2, -0.15) is 0 Å². The molecule has 0 aliphatic carbocycles. The summed E-state index contributed by atoms with van der Waals surface area (Å²) in [5.74, 6) is 1.06. The van der Waals surface area contributed by atoms with Crippen molar-refractivity contribution in [1.82, 2.24) is 20.0 Å². The molecule has 3 heterocycles. The van der Waals surface area contributed by atoms with Crippen molar-refractivity contribution in [3.8, 4) is 0 Å². The van der Waals surface area contributed by atoms with E-state index in [2.05, 4.69) is 51.0 Å². The standard InChI is InChI=1S/C20H37N5O/c1-20(2,25-13-8-18(26-4)9-14-25)16-22-19(21-3)24-12-7-17(15-24)23-10-5-6-11-23/h5-6,17-18H,7-16H2,1-4H3,(H,21,22). The highest BCUT2D eigenvalue weighted by molar-refractivity contribution is 5.80. The average Bonchev–Trinajstić information content (AvgIpc) is 3.34. The molecule has 148 valence electrons. The maximum Gasteiger partial charge on any atom is 0.193 e. The van der Waals surface area contributed by atoms with Crippen molar-refractivity contribution in [3.63, 3.8) is 0 Å². The molecule has 0 bridgehead atoms. The Morgan fingerprint density at radius 2 is 1.85 bits per heavy atom. The van der Waals surface area contributed by atoms with Crippen molar-refractivity contribution in [3.05, 3.63) is 12.2 Å². The Labute approximate surface area is 159 Å². The second-order valence-electron chi connectivity index (χ2n) is 8.45. The molecule has 3 rings (SSSR count). The molecule has 6 nitrogen and oxygen atoms in total. The molecular formula is C20H37N5O. The van der Waals surface area contributed by atoms with E-state index in [-0.39, 0.29) is 5.54 Å². The van der Waals surface area contributed by atoms with Gasteiger partial charge in [-0.25, -0.2) is 0 Å². The summed E-state index contributed by atoms with van der Waals surface area (Å²) in [7, 11) is 3.74. The molecule has 1 atom stereocenters. The number of nitrogens with zero attached hydrogens (tertiary/aromatic N) is 4. The van der Waals surface area contributed by atoms with Crippen LogP contribution in [0.2, 0.25) is 0 Å². The topological polar surface area (TPSA) is 43.3 Å². The highest BCUT2D eigenvalue weighted by Crippen LogP contribution is 2.22. The molecule has 3 aliphatic rings. The molecule has 2 saturated heterocycles. The first-order valence-corrected chi connectivity index (χ1v) is 10.2. The first kappa shape index (κ1) is 19.6. The van der Waals surface area contributed by atoms with Gasteiger partial charge >= 0.3 is 0 Å². The van der Waals surface area contributed by atoms with Crippen LogP contribution in [0.1, 0.15) is 33.1 Å². The predicted molar refractivity (Wildman–Crippen MR) is 108 cm³/mol. The van der Waals surface area contributed by atoms with Crippen LogP contribution in [0, 0.1) is 0 Å². The smallest absolute Gasteiger partial charge is 0.193 e. The molecule has 0 radical (unpaired) electrons. The average molecular weight is 364 g/mol. The largest absolute Gasteiger partial charge is 0.381 e. The number of ether oxygens (including phenoxy) is 1. The van der Waals surface area contributed by atoms with Gasteiger partial charge in [0.15, 0.2) is 5.96 Å². The Bertz CT molecular complexity index is 502. The van der Waals surface area contributed by atoms with Gasteiger partial charge in [-0.05, 0) is 33.1 Å². The molecule has 26 heavy (non-hydrogen) atoms. The number of methoxy groups -OCH3 is 1. The van der Waals surface area contributed by atoms with E-state index in [0.717, 1.165) is 64.6 Å². The normalized spacial score (nSPS) is 26.8. The lowest BCUT2D eigenvalue weighted by atomic mass is 9.97. The zero-order valence-electron chi connectivity index (χ0n) is 17.1. The summed E-state index contributed by atoms with van der Waals surface area (Å²) in [6, 6.07) is 0.657. The van der Waals surface area contributed by atoms with Crippen molar-refractivity contribution in [2.45, 2.75) is 50.8 Å². The Morgan fingerprint density at radius 1 is 1.15 bits per heavy atom. The number of nitrogens with one attached hydrogen (secondary N) is 1. The Balaban J connectivity index is 1.47. The minimum Gasteiger partial charge on any atom is -0.381 e. The van der Waals surface area contributed by atoms with Crippen molar-refractivity contribution in [2.24, 2.45) is 4.99 Å². The number of aliphatic imine (C=N–C) groups is 1. The first-order valence-electron chi connectivity index (χ1n) is 10.2. The van der Waals surface area contributed by atoms with Gasteiger partial charge in [0.1, 0.15) is 0 Å². The minimum absolute atomic E-state index is 0.118. The summed E-state index contributed by atoms with van der Waals surface area (Å²) in [6.45, 7) is 12.2. The summed E-state index contributed by atoms with van der Waals surface area (Å²) in [4.78, 5) is 12.1. The van der Waals surface area contributed by atoms with Crippen molar-refractivity contribution >= 4 is 5.96 Å². The molecule has 1 unspecified atom stereocenters. The molecule has 3 aliphatic heterocycles.